The first-order valence-corrected chi connectivity index (χ1v) is 8.22. The number of hydrogen-bond donors (Lipinski definition) is 2. The summed E-state index contributed by atoms with van der Waals surface area (Å²) in [6.07, 6.45) is 5.26. The molecule has 3 rings (SSSR count). The predicted octanol–water partition coefficient (Wildman–Crippen LogP) is 2.44. The van der Waals surface area contributed by atoms with Gasteiger partial charge in [-0.05, 0) is 32.0 Å². The van der Waals surface area contributed by atoms with Crippen LogP contribution in [-0.4, -0.2) is 34.7 Å². The summed E-state index contributed by atoms with van der Waals surface area (Å²) in [5.74, 6) is 0.730. The number of ether oxygens (including phenoxy) is 1. The summed E-state index contributed by atoms with van der Waals surface area (Å²) < 4.78 is 5.74. The highest BCUT2D eigenvalue weighted by Crippen LogP contribution is 2.33. The standard InChI is InChI=1S/C19H21N5O2/c1-19(2)8-12-7-13(11-22-18(12)26-19)17(25)24-16-6-4-5-15(23-16)14(9-20)10-21-3/h4-7,9-11H,8,20H2,1-3H3,(H,23,24,25)/b14-9+,21-10?. The minimum absolute atomic E-state index is 0.280. The van der Waals surface area contributed by atoms with E-state index in [1.807, 2.05) is 19.9 Å². The van der Waals surface area contributed by atoms with E-state index in [4.69, 9.17) is 10.5 Å². The van der Waals surface area contributed by atoms with E-state index in [1.165, 1.54) is 12.4 Å². The Hall–Kier alpha value is -3.22. The highest BCUT2D eigenvalue weighted by Gasteiger charge is 2.31. The Morgan fingerprint density at radius 1 is 1.42 bits per heavy atom. The van der Waals surface area contributed by atoms with Gasteiger partial charge < -0.3 is 15.8 Å². The fraction of sp³-hybridized carbons (Fsp3) is 0.263. The zero-order valence-corrected chi connectivity index (χ0v) is 15.0. The number of nitrogens with zero attached hydrogens (tertiary/aromatic N) is 3. The molecule has 1 amide bonds. The van der Waals surface area contributed by atoms with Crippen molar-refractivity contribution in [3.05, 3.63) is 53.5 Å². The van der Waals surface area contributed by atoms with Crippen LogP contribution >= 0.6 is 0 Å². The number of carbonyl (C=O) groups excluding carboxylic acids is 1. The summed E-state index contributed by atoms with van der Waals surface area (Å²) in [4.78, 5) is 25.2. The third-order valence-electron chi connectivity index (χ3n) is 3.91. The molecule has 0 saturated carbocycles. The molecular formula is C19H21N5O2. The molecule has 3 N–H and O–H groups in total. The lowest BCUT2D eigenvalue weighted by Gasteiger charge is -2.15. The van der Waals surface area contributed by atoms with Gasteiger partial charge in [0.05, 0.1) is 11.3 Å². The second-order valence-electron chi connectivity index (χ2n) is 6.60. The van der Waals surface area contributed by atoms with Crippen molar-refractivity contribution < 1.29 is 9.53 Å². The summed E-state index contributed by atoms with van der Waals surface area (Å²) in [6.45, 7) is 3.98. The number of nitrogens with two attached hydrogens (primary N) is 1. The molecule has 0 fully saturated rings. The predicted molar refractivity (Wildman–Crippen MR) is 101 cm³/mol. The maximum absolute atomic E-state index is 12.6. The van der Waals surface area contributed by atoms with Crippen molar-refractivity contribution in [3.63, 3.8) is 0 Å². The van der Waals surface area contributed by atoms with Crippen LogP contribution in [0.3, 0.4) is 0 Å². The minimum atomic E-state index is -0.299. The molecule has 7 heteroatoms. The van der Waals surface area contributed by atoms with Crippen LogP contribution in [0, 0.1) is 0 Å². The molecule has 0 radical (unpaired) electrons. The van der Waals surface area contributed by atoms with E-state index in [-0.39, 0.29) is 11.5 Å². The summed E-state index contributed by atoms with van der Waals surface area (Å²) in [5.41, 5.74) is 7.99. The summed E-state index contributed by atoms with van der Waals surface area (Å²) >= 11 is 0. The van der Waals surface area contributed by atoms with Gasteiger partial charge >= 0.3 is 0 Å². The number of anilines is 1. The van der Waals surface area contributed by atoms with Gasteiger partial charge in [-0.1, -0.05) is 6.07 Å². The molecule has 3 heterocycles. The van der Waals surface area contributed by atoms with Crippen molar-refractivity contribution in [1.29, 1.82) is 0 Å². The highest BCUT2D eigenvalue weighted by atomic mass is 16.5. The van der Waals surface area contributed by atoms with Crippen molar-refractivity contribution in [1.82, 2.24) is 9.97 Å². The zero-order chi connectivity index (χ0) is 18.7. The molecular weight excluding hydrogens is 330 g/mol. The third-order valence-corrected chi connectivity index (χ3v) is 3.91. The van der Waals surface area contributed by atoms with Crippen molar-refractivity contribution in [2.45, 2.75) is 25.9 Å². The van der Waals surface area contributed by atoms with Crippen molar-refractivity contribution >= 4 is 23.5 Å². The third kappa shape index (κ3) is 3.72. The number of aliphatic imine (C=N–C) groups is 1. The maximum atomic E-state index is 12.6. The van der Waals surface area contributed by atoms with E-state index < -0.39 is 0 Å². The van der Waals surface area contributed by atoms with Gasteiger partial charge in [0.15, 0.2) is 0 Å². The topological polar surface area (TPSA) is 102 Å². The second kappa shape index (κ2) is 6.95. The van der Waals surface area contributed by atoms with Gasteiger partial charge in [-0.15, -0.1) is 0 Å². The molecule has 0 spiro atoms. The Balaban J connectivity index is 1.79. The number of rotatable bonds is 4. The quantitative estimate of drug-likeness (QED) is 0.824. The molecule has 0 saturated heterocycles. The molecule has 2 aromatic heterocycles. The first-order chi connectivity index (χ1) is 12.4. The largest absolute Gasteiger partial charge is 0.471 e. The molecule has 1 aliphatic rings. The van der Waals surface area contributed by atoms with E-state index >= 15 is 0 Å². The number of aromatic nitrogens is 2. The fourth-order valence-corrected chi connectivity index (χ4v) is 2.78. The first kappa shape index (κ1) is 17.6. The zero-order valence-electron chi connectivity index (χ0n) is 15.0. The van der Waals surface area contributed by atoms with Gasteiger partial charge in [0, 0.05) is 43.2 Å². The first-order valence-electron chi connectivity index (χ1n) is 8.22. The Bertz CT molecular complexity index is 903. The average molecular weight is 351 g/mol. The van der Waals surface area contributed by atoms with Crippen LogP contribution in [0.15, 0.2) is 41.7 Å². The van der Waals surface area contributed by atoms with Gasteiger partial charge in [-0.25, -0.2) is 9.97 Å². The summed E-state index contributed by atoms with van der Waals surface area (Å²) in [7, 11) is 1.65. The van der Waals surface area contributed by atoms with Crippen LogP contribution in [-0.2, 0) is 6.42 Å². The van der Waals surface area contributed by atoms with Crippen LogP contribution in [0.2, 0.25) is 0 Å². The van der Waals surface area contributed by atoms with Crippen molar-refractivity contribution in [2.24, 2.45) is 10.7 Å². The number of allylic oxidation sites excluding steroid dienone is 1. The van der Waals surface area contributed by atoms with Crippen LogP contribution in [0.25, 0.3) is 5.57 Å². The minimum Gasteiger partial charge on any atom is -0.471 e. The lowest BCUT2D eigenvalue weighted by atomic mass is 10.0. The lowest BCUT2D eigenvalue weighted by molar-refractivity contribution is 0.102. The highest BCUT2D eigenvalue weighted by molar-refractivity contribution is 6.09. The van der Waals surface area contributed by atoms with E-state index in [9.17, 15) is 4.79 Å². The summed E-state index contributed by atoms with van der Waals surface area (Å²) in [5, 5.41) is 2.79. The van der Waals surface area contributed by atoms with E-state index in [0.29, 0.717) is 34.9 Å². The molecule has 26 heavy (non-hydrogen) atoms. The molecule has 0 aromatic carbocycles. The number of fused-ring (bicyclic) bond motifs is 1. The number of hydrogen-bond acceptors (Lipinski definition) is 6. The summed E-state index contributed by atoms with van der Waals surface area (Å²) in [6, 6.07) is 7.12. The fourth-order valence-electron chi connectivity index (χ4n) is 2.78. The molecule has 0 aliphatic carbocycles. The number of pyridine rings is 2. The van der Waals surface area contributed by atoms with Gasteiger partial charge in [-0.3, -0.25) is 9.79 Å². The van der Waals surface area contributed by atoms with Crippen molar-refractivity contribution in [3.8, 4) is 5.88 Å². The molecule has 7 nitrogen and oxygen atoms in total. The normalized spacial score (nSPS) is 15.6. The molecule has 134 valence electrons. The molecule has 2 aromatic rings. The van der Waals surface area contributed by atoms with Gasteiger partial charge in [0.25, 0.3) is 5.91 Å². The maximum Gasteiger partial charge on any atom is 0.258 e. The Labute approximate surface area is 152 Å². The molecule has 0 unspecified atom stereocenters. The van der Waals surface area contributed by atoms with Crippen LogP contribution in [0.4, 0.5) is 5.82 Å². The number of amides is 1. The van der Waals surface area contributed by atoms with E-state index in [2.05, 4.69) is 20.3 Å². The van der Waals surface area contributed by atoms with Gasteiger partial charge in [0.1, 0.15) is 11.4 Å². The lowest BCUT2D eigenvalue weighted by Crippen LogP contribution is -2.24. The SMILES string of the molecule is CN=C/C(=C\N)c1cccc(NC(=O)c2cnc3c(c2)CC(C)(C)O3)n1. The monoisotopic (exact) mass is 351 g/mol. The Kier molecular flexibility index (Phi) is 4.71. The second-order valence-corrected chi connectivity index (χ2v) is 6.60. The van der Waals surface area contributed by atoms with Crippen molar-refractivity contribution in [2.75, 3.05) is 12.4 Å². The van der Waals surface area contributed by atoms with Crippen LogP contribution < -0.4 is 15.8 Å². The van der Waals surface area contributed by atoms with Crippen LogP contribution in [0.5, 0.6) is 5.88 Å². The molecule has 1 aliphatic heterocycles. The van der Waals surface area contributed by atoms with E-state index in [1.54, 1.807) is 31.5 Å². The smallest absolute Gasteiger partial charge is 0.258 e. The molecule has 0 bridgehead atoms. The van der Waals surface area contributed by atoms with Gasteiger partial charge in [-0.2, -0.15) is 0 Å². The number of carbonyl (C=O) groups is 1. The average Bonchev–Trinajstić information content (AvgIpc) is 2.92. The van der Waals surface area contributed by atoms with Gasteiger partial charge in [0.2, 0.25) is 5.88 Å². The Morgan fingerprint density at radius 3 is 2.96 bits per heavy atom. The van der Waals surface area contributed by atoms with E-state index in [0.717, 1.165) is 5.56 Å². The van der Waals surface area contributed by atoms with Crippen LogP contribution in [0.1, 0.15) is 35.5 Å². The number of nitrogens with one attached hydrogen (secondary N) is 1. The molecule has 0 atom stereocenters. The Morgan fingerprint density at radius 2 is 2.23 bits per heavy atom.